The molecule has 0 aliphatic heterocycles. The Morgan fingerprint density at radius 1 is 0.621 bits per heavy atom. The normalized spacial score (nSPS) is 14.1. The Balaban J connectivity index is 0.00000210. The van der Waals surface area contributed by atoms with E-state index in [9.17, 15) is 0 Å². The van der Waals surface area contributed by atoms with Gasteiger partial charge in [-0.15, -0.1) is 0 Å². The SMILES string of the molecule is C.C.CC(CC(C)(CC(C)(C)c1ccccc1)c1ccccc1)c1ccccc1. The molecular formula is C29H40. The van der Waals surface area contributed by atoms with Crippen molar-refractivity contribution in [1.82, 2.24) is 0 Å². The van der Waals surface area contributed by atoms with E-state index in [1.807, 2.05) is 0 Å². The first-order valence-electron chi connectivity index (χ1n) is 10.1. The van der Waals surface area contributed by atoms with Crippen molar-refractivity contribution in [3.05, 3.63) is 108 Å². The molecule has 3 aromatic rings. The summed E-state index contributed by atoms with van der Waals surface area (Å²) >= 11 is 0. The molecule has 0 aromatic heterocycles. The lowest BCUT2D eigenvalue weighted by atomic mass is 9.64. The lowest BCUT2D eigenvalue weighted by Crippen LogP contribution is -2.33. The summed E-state index contributed by atoms with van der Waals surface area (Å²) in [5.74, 6) is 0.517. The highest BCUT2D eigenvalue weighted by Crippen LogP contribution is 2.44. The number of benzene rings is 3. The van der Waals surface area contributed by atoms with Crippen LogP contribution >= 0.6 is 0 Å². The standard InChI is InChI=1S/C27H32.2CH4/c1-22(23-14-8-5-9-15-23)20-27(4,25-18-12-7-13-19-25)21-26(2,3)24-16-10-6-11-17-24;;/h5-19,22H,20-21H2,1-4H3;2*1H4. The van der Waals surface area contributed by atoms with Crippen LogP contribution in [0.5, 0.6) is 0 Å². The molecule has 0 nitrogen and oxygen atoms in total. The van der Waals surface area contributed by atoms with Gasteiger partial charge in [0.2, 0.25) is 0 Å². The van der Waals surface area contributed by atoms with E-state index in [2.05, 4.69) is 119 Å². The Morgan fingerprint density at radius 3 is 1.52 bits per heavy atom. The minimum atomic E-state index is 0. The molecule has 29 heavy (non-hydrogen) atoms. The maximum atomic E-state index is 2.45. The molecule has 156 valence electrons. The van der Waals surface area contributed by atoms with Crippen LogP contribution in [-0.4, -0.2) is 0 Å². The van der Waals surface area contributed by atoms with Gasteiger partial charge in [0.25, 0.3) is 0 Å². The molecule has 0 spiro atoms. The van der Waals surface area contributed by atoms with Crippen LogP contribution in [0.4, 0.5) is 0 Å². The molecule has 2 unspecified atom stereocenters. The van der Waals surface area contributed by atoms with E-state index in [0.717, 1.165) is 12.8 Å². The van der Waals surface area contributed by atoms with Crippen molar-refractivity contribution >= 4 is 0 Å². The van der Waals surface area contributed by atoms with Crippen molar-refractivity contribution < 1.29 is 0 Å². The van der Waals surface area contributed by atoms with E-state index in [4.69, 9.17) is 0 Å². The maximum absolute atomic E-state index is 2.45. The second-order valence-corrected chi connectivity index (χ2v) is 8.87. The van der Waals surface area contributed by atoms with Crippen molar-refractivity contribution in [3.63, 3.8) is 0 Å². The van der Waals surface area contributed by atoms with Gasteiger partial charge in [-0.3, -0.25) is 0 Å². The number of rotatable bonds is 7. The summed E-state index contributed by atoms with van der Waals surface area (Å²) in [6.07, 6.45) is 2.25. The van der Waals surface area contributed by atoms with Crippen LogP contribution in [0.2, 0.25) is 0 Å². The maximum Gasteiger partial charge on any atom is -0.00613 e. The summed E-state index contributed by atoms with van der Waals surface area (Å²) in [6.45, 7) is 9.59. The molecule has 0 bridgehead atoms. The third-order valence-corrected chi connectivity index (χ3v) is 5.98. The van der Waals surface area contributed by atoms with E-state index in [1.54, 1.807) is 0 Å². The molecule has 0 saturated heterocycles. The Hall–Kier alpha value is -2.34. The third kappa shape index (κ3) is 6.07. The smallest absolute Gasteiger partial charge is 0.00613 e. The van der Waals surface area contributed by atoms with Crippen molar-refractivity contribution in [2.24, 2.45) is 0 Å². The monoisotopic (exact) mass is 388 g/mol. The minimum Gasteiger partial charge on any atom is -0.0776 e. The lowest BCUT2D eigenvalue weighted by Gasteiger charge is -2.40. The van der Waals surface area contributed by atoms with Gasteiger partial charge in [-0.05, 0) is 46.3 Å². The molecule has 0 aliphatic rings. The van der Waals surface area contributed by atoms with Crippen LogP contribution in [0.25, 0.3) is 0 Å². The summed E-state index contributed by atoms with van der Waals surface area (Å²) in [5, 5.41) is 0. The molecule has 0 heterocycles. The zero-order valence-corrected chi connectivity index (χ0v) is 17.2. The molecule has 0 heteroatoms. The average Bonchev–Trinajstić information content (AvgIpc) is 2.69. The van der Waals surface area contributed by atoms with Gasteiger partial charge in [0, 0.05) is 0 Å². The quantitative estimate of drug-likeness (QED) is 0.379. The molecule has 0 aliphatic carbocycles. The van der Waals surface area contributed by atoms with Gasteiger partial charge in [0.15, 0.2) is 0 Å². The van der Waals surface area contributed by atoms with Crippen LogP contribution in [-0.2, 0) is 10.8 Å². The van der Waals surface area contributed by atoms with Gasteiger partial charge in [-0.25, -0.2) is 0 Å². The molecule has 0 radical (unpaired) electrons. The molecule has 0 fully saturated rings. The Labute approximate surface area is 180 Å². The van der Waals surface area contributed by atoms with Crippen LogP contribution in [0, 0.1) is 0 Å². The lowest BCUT2D eigenvalue weighted by molar-refractivity contribution is 0.293. The molecule has 2 atom stereocenters. The second-order valence-electron chi connectivity index (χ2n) is 8.87. The van der Waals surface area contributed by atoms with E-state index in [-0.39, 0.29) is 25.7 Å². The summed E-state index contributed by atoms with van der Waals surface area (Å²) in [5.41, 5.74) is 4.51. The van der Waals surface area contributed by atoms with Gasteiger partial charge in [0.05, 0.1) is 0 Å². The number of hydrogen-bond donors (Lipinski definition) is 0. The minimum absolute atomic E-state index is 0. The molecule has 3 aromatic carbocycles. The first-order valence-corrected chi connectivity index (χ1v) is 10.1. The Kier molecular flexibility index (Phi) is 8.89. The van der Waals surface area contributed by atoms with E-state index < -0.39 is 0 Å². The highest BCUT2D eigenvalue weighted by atomic mass is 14.4. The van der Waals surface area contributed by atoms with E-state index in [1.165, 1.54) is 16.7 Å². The average molecular weight is 389 g/mol. The molecular weight excluding hydrogens is 348 g/mol. The van der Waals surface area contributed by atoms with Gasteiger partial charge in [-0.1, -0.05) is 134 Å². The van der Waals surface area contributed by atoms with Crippen LogP contribution < -0.4 is 0 Å². The molecule has 0 N–H and O–H groups in total. The molecule has 0 amide bonds. The van der Waals surface area contributed by atoms with E-state index >= 15 is 0 Å². The van der Waals surface area contributed by atoms with Crippen LogP contribution in [0.3, 0.4) is 0 Å². The number of hydrogen-bond acceptors (Lipinski definition) is 0. The van der Waals surface area contributed by atoms with Gasteiger partial charge < -0.3 is 0 Å². The summed E-state index contributed by atoms with van der Waals surface area (Å²) in [7, 11) is 0. The van der Waals surface area contributed by atoms with Crippen molar-refractivity contribution in [2.75, 3.05) is 0 Å². The summed E-state index contributed by atoms with van der Waals surface area (Å²) < 4.78 is 0. The zero-order valence-electron chi connectivity index (χ0n) is 17.2. The fourth-order valence-electron chi connectivity index (χ4n) is 4.67. The van der Waals surface area contributed by atoms with Crippen LogP contribution in [0.15, 0.2) is 91.0 Å². The van der Waals surface area contributed by atoms with Crippen LogP contribution in [0.1, 0.15) is 78.0 Å². The van der Waals surface area contributed by atoms with Gasteiger partial charge in [-0.2, -0.15) is 0 Å². The Morgan fingerprint density at radius 2 is 1.03 bits per heavy atom. The highest BCUT2D eigenvalue weighted by molar-refractivity contribution is 5.31. The second kappa shape index (κ2) is 10.4. The topological polar surface area (TPSA) is 0 Å². The first kappa shape index (κ1) is 24.7. The van der Waals surface area contributed by atoms with Crippen molar-refractivity contribution in [2.45, 2.75) is 72.1 Å². The third-order valence-electron chi connectivity index (χ3n) is 5.98. The summed E-state index contributed by atoms with van der Waals surface area (Å²) in [6, 6.07) is 33.0. The highest BCUT2D eigenvalue weighted by Gasteiger charge is 2.36. The fourth-order valence-corrected chi connectivity index (χ4v) is 4.67. The predicted molar refractivity (Wildman–Crippen MR) is 131 cm³/mol. The van der Waals surface area contributed by atoms with Crippen molar-refractivity contribution in [1.29, 1.82) is 0 Å². The fraction of sp³-hybridized carbons (Fsp3) is 0.379. The van der Waals surface area contributed by atoms with Gasteiger partial charge in [0.1, 0.15) is 0 Å². The summed E-state index contributed by atoms with van der Waals surface area (Å²) in [4.78, 5) is 0. The van der Waals surface area contributed by atoms with Crippen molar-refractivity contribution in [3.8, 4) is 0 Å². The largest absolute Gasteiger partial charge is 0.0776 e. The Bertz CT molecular complexity index is 818. The molecule has 0 saturated carbocycles. The molecule has 3 rings (SSSR count). The first-order chi connectivity index (χ1) is 12.9. The van der Waals surface area contributed by atoms with Gasteiger partial charge >= 0.3 is 0 Å². The zero-order chi connectivity index (χ0) is 19.3. The van der Waals surface area contributed by atoms with E-state index in [0.29, 0.717) is 5.92 Å². The predicted octanol–water partition coefficient (Wildman–Crippen LogP) is 8.78.